The van der Waals surface area contributed by atoms with Gasteiger partial charge in [0, 0.05) is 33.2 Å². The highest BCUT2D eigenvalue weighted by molar-refractivity contribution is 9.10. The minimum Gasteiger partial charge on any atom is -0.490 e. The number of carbonyl (C=O) groups excluding carboxylic acids is 1. The van der Waals surface area contributed by atoms with Gasteiger partial charge < -0.3 is 14.8 Å². The van der Waals surface area contributed by atoms with Gasteiger partial charge in [-0.2, -0.15) is 0 Å². The fraction of sp³-hybridized carbons (Fsp3) is 0.345. The van der Waals surface area contributed by atoms with Gasteiger partial charge in [-0.3, -0.25) is 19.8 Å². The Balaban J connectivity index is 1.40. The molecule has 0 bridgehead atoms. The minimum atomic E-state index is -1.34. The molecule has 0 aromatic heterocycles. The number of hydrogen-bond acceptors (Lipinski definition) is 6. The lowest BCUT2D eigenvalue weighted by Gasteiger charge is -2.32. The second-order valence-corrected chi connectivity index (χ2v) is 10.9. The van der Waals surface area contributed by atoms with Crippen molar-refractivity contribution in [3.8, 4) is 11.5 Å². The number of amides is 1. The molecule has 0 aliphatic carbocycles. The number of benzene rings is 3. The highest BCUT2D eigenvalue weighted by Gasteiger charge is 2.73. The first-order valence-electron chi connectivity index (χ1n) is 12.9. The van der Waals surface area contributed by atoms with Crippen molar-refractivity contribution in [1.29, 1.82) is 0 Å². The Bertz CT molecular complexity index is 1400. The standard InChI is InChI=1S/C29H28BrN3O5/c1-2-37-25-16-19(11-14-24(25)38-17-18-9-12-20(30)13-10-18)26-23-8-5-15-32(23)29(27(26)33(35)36)21-6-3-4-7-22(21)31-28(29)34/h3-4,6-7,9-14,16,23,26-27H,2,5,8,15,17H2,1H3,(H,31,34)/t23-,26+,27+,29+/m0/s1. The van der Waals surface area contributed by atoms with Gasteiger partial charge >= 0.3 is 0 Å². The number of fused-ring (bicyclic) bond motifs is 4. The molecule has 1 spiro atoms. The molecular formula is C29H28BrN3O5. The molecule has 38 heavy (non-hydrogen) atoms. The van der Waals surface area contributed by atoms with Gasteiger partial charge in [0.1, 0.15) is 6.61 Å². The zero-order valence-corrected chi connectivity index (χ0v) is 22.5. The van der Waals surface area contributed by atoms with Gasteiger partial charge in [-0.05, 0) is 61.2 Å². The Hall–Kier alpha value is -3.43. The van der Waals surface area contributed by atoms with Gasteiger partial charge in [-0.25, -0.2) is 0 Å². The highest BCUT2D eigenvalue weighted by Crippen LogP contribution is 2.58. The summed E-state index contributed by atoms with van der Waals surface area (Å²) >= 11 is 3.45. The number of anilines is 1. The first-order chi connectivity index (χ1) is 18.4. The third-order valence-corrected chi connectivity index (χ3v) is 8.58. The van der Waals surface area contributed by atoms with E-state index >= 15 is 0 Å². The van der Waals surface area contributed by atoms with E-state index in [1.807, 2.05) is 73.7 Å². The number of nitrogens with zero attached hydrogens (tertiary/aromatic N) is 2. The Morgan fingerprint density at radius 1 is 1.11 bits per heavy atom. The lowest BCUT2D eigenvalue weighted by molar-refractivity contribution is -0.534. The topological polar surface area (TPSA) is 93.9 Å². The van der Waals surface area contributed by atoms with Crippen molar-refractivity contribution in [2.24, 2.45) is 0 Å². The Labute approximate surface area is 229 Å². The number of para-hydroxylation sites is 1. The highest BCUT2D eigenvalue weighted by atomic mass is 79.9. The van der Waals surface area contributed by atoms with Crippen LogP contribution in [0, 0.1) is 10.1 Å². The number of nitro groups is 1. The number of hydrogen-bond donors (Lipinski definition) is 1. The average molecular weight is 578 g/mol. The molecule has 3 aromatic carbocycles. The van der Waals surface area contributed by atoms with Crippen LogP contribution in [-0.2, 0) is 16.9 Å². The van der Waals surface area contributed by atoms with Crippen LogP contribution in [0.15, 0.2) is 71.2 Å². The van der Waals surface area contributed by atoms with E-state index in [1.54, 1.807) is 0 Å². The maximum absolute atomic E-state index is 13.6. The van der Waals surface area contributed by atoms with Crippen LogP contribution in [0.25, 0.3) is 0 Å². The van der Waals surface area contributed by atoms with Crippen molar-refractivity contribution in [2.75, 3.05) is 18.5 Å². The zero-order valence-electron chi connectivity index (χ0n) is 20.9. The second-order valence-electron chi connectivity index (χ2n) is 9.98. The van der Waals surface area contributed by atoms with Crippen molar-refractivity contribution < 1.29 is 19.2 Å². The van der Waals surface area contributed by atoms with E-state index < -0.39 is 17.5 Å². The normalized spacial score (nSPS) is 25.7. The van der Waals surface area contributed by atoms with Crippen LogP contribution >= 0.6 is 15.9 Å². The summed E-state index contributed by atoms with van der Waals surface area (Å²) in [6.07, 6.45) is 1.67. The molecule has 3 aliphatic rings. The summed E-state index contributed by atoms with van der Waals surface area (Å²) in [7, 11) is 0. The molecule has 9 heteroatoms. The molecule has 8 nitrogen and oxygen atoms in total. The van der Waals surface area contributed by atoms with E-state index in [0.717, 1.165) is 28.4 Å². The van der Waals surface area contributed by atoms with Crippen molar-refractivity contribution in [3.63, 3.8) is 0 Å². The van der Waals surface area contributed by atoms with E-state index in [2.05, 4.69) is 26.1 Å². The fourth-order valence-electron chi connectivity index (χ4n) is 6.64. The Kier molecular flexibility index (Phi) is 6.36. The summed E-state index contributed by atoms with van der Waals surface area (Å²) in [5, 5.41) is 15.8. The first kappa shape index (κ1) is 24.9. The average Bonchev–Trinajstić information content (AvgIpc) is 3.57. The van der Waals surface area contributed by atoms with Crippen LogP contribution in [0.3, 0.4) is 0 Å². The van der Waals surface area contributed by atoms with Crippen LogP contribution in [0.1, 0.15) is 42.4 Å². The lowest BCUT2D eigenvalue weighted by Crippen LogP contribution is -2.55. The maximum atomic E-state index is 13.6. The SMILES string of the molecule is CCOc1cc([C@@H]2[C@@H]3CCCN3[C@@]3(C(=O)Nc4ccccc43)[C@@H]2[N+](=O)[O-])ccc1OCc1ccc(Br)cc1. The van der Waals surface area contributed by atoms with E-state index in [1.165, 1.54) is 0 Å². The van der Waals surface area contributed by atoms with Gasteiger partial charge in [0.2, 0.25) is 0 Å². The van der Waals surface area contributed by atoms with Crippen LogP contribution in [0.5, 0.6) is 11.5 Å². The van der Waals surface area contributed by atoms with Gasteiger partial charge in [0.25, 0.3) is 11.9 Å². The summed E-state index contributed by atoms with van der Waals surface area (Å²) in [4.78, 5) is 28.3. The summed E-state index contributed by atoms with van der Waals surface area (Å²) in [6.45, 7) is 3.33. The maximum Gasteiger partial charge on any atom is 0.256 e. The fourth-order valence-corrected chi connectivity index (χ4v) is 6.90. The predicted octanol–water partition coefficient (Wildman–Crippen LogP) is 5.48. The molecule has 196 valence electrons. The molecule has 0 radical (unpaired) electrons. The number of halogens is 1. The molecule has 0 saturated carbocycles. The van der Waals surface area contributed by atoms with Gasteiger partial charge in [0.15, 0.2) is 17.0 Å². The predicted molar refractivity (Wildman–Crippen MR) is 146 cm³/mol. The van der Waals surface area contributed by atoms with Crippen LogP contribution in [-0.4, -0.2) is 41.0 Å². The van der Waals surface area contributed by atoms with Gasteiger partial charge in [0.05, 0.1) is 12.5 Å². The van der Waals surface area contributed by atoms with Crippen molar-refractivity contribution in [3.05, 3.63) is 98.0 Å². The first-order valence-corrected chi connectivity index (χ1v) is 13.7. The Morgan fingerprint density at radius 3 is 2.66 bits per heavy atom. The van der Waals surface area contributed by atoms with E-state index in [-0.39, 0.29) is 16.9 Å². The third kappa shape index (κ3) is 3.79. The molecule has 1 N–H and O–H groups in total. The van der Waals surface area contributed by atoms with Gasteiger partial charge in [-0.15, -0.1) is 0 Å². The molecule has 0 unspecified atom stereocenters. The van der Waals surface area contributed by atoms with E-state index in [9.17, 15) is 14.9 Å². The molecule has 3 aliphatic heterocycles. The minimum absolute atomic E-state index is 0.133. The summed E-state index contributed by atoms with van der Waals surface area (Å²) in [6, 6.07) is 19.6. The molecule has 2 fully saturated rings. The largest absolute Gasteiger partial charge is 0.490 e. The number of nitrogens with one attached hydrogen (secondary N) is 1. The quantitative estimate of drug-likeness (QED) is 0.295. The summed E-state index contributed by atoms with van der Waals surface area (Å²) in [5.74, 6) is 0.334. The smallest absolute Gasteiger partial charge is 0.256 e. The lowest BCUT2D eigenvalue weighted by atomic mass is 9.77. The number of carbonyl (C=O) groups is 1. The monoisotopic (exact) mass is 577 g/mol. The molecular weight excluding hydrogens is 550 g/mol. The molecule has 1 amide bonds. The molecule has 3 aromatic rings. The molecule has 4 atom stereocenters. The van der Waals surface area contributed by atoms with Crippen LogP contribution < -0.4 is 14.8 Å². The molecule has 3 heterocycles. The number of ether oxygens (including phenoxy) is 2. The van der Waals surface area contributed by atoms with Crippen LogP contribution in [0.2, 0.25) is 0 Å². The van der Waals surface area contributed by atoms with Crippen molar-refractivity contribution >= 4 is 27.5 Å². The molecule has 6 rings (SSSR count). The van der Waals surface area contributed by atoms with Crippen molar-refractivity contribution in [1.82, 2.24) is 4.90 Å². The summed E-state index contributed by atoms with van der Waals surface area (Å²) in [5.41, 5.74) is 1.81. The van der Waals surface area contributed by atoms with Gasteiger partial charge in [-0.1, -0.05) is 52.3 Å². The summed E-state index contributed by atoms with van der Waals surface area (Å²) < 4.78 is 13.0. The van der Waals surface area contributed by atoms with E-state index in [4.69, 9.17) is 9.47 Å². The number of rotatable bonds is 7. The zero-order chi connectivity index (χ0) is 26.4. The van der Waals surface area contributed by atoms with Crippen molar-refractivity contribution in [2.45, 2.75) is 49.9 Å². The second kappa shape index (κ2) is 9.71. The van der Waals surface area contributed by atoms with E-state index in [0.29, 0.717) is 42.5 Å². The Morgan fingerprint density at radius 2 is 1.89 bits per heavy atom. The molecule has 2 saturated heterocycles. The third-order valence-electron chi connectivity index (χ3n) is 8.05. The van der Waals surface area contributed by atoms with Crippen LogP contribution in [0.4, 0.5) is 5.69 Å².